The molecule has 0 aliphatic rings. The number of fused-ring (bicyclic) bond motifs is 1. The fourth-order valence-corrected chi connectivity index (χ4v) is 2.68. The molecule has 1 heterocycles. The molecule has 0 fully saturated rings. The average Bonchev–Trinajstić information content (AvgIpc) is 2.71. The van der Waals surface area contributed by atoms with E-state index >= 15 is 0 Å². The molecule has 3 rings (SSSR count). The molecule has 10 heteroatoms. The molecule has 0 radical (unpaired) electrons. The van der Waals surface area contributed by atoms with Crippen molar-refractivity contribution in [3.8, 4) is 5.75 Å². The molecule has 0 saturated heterocycles. The van der Waals surface area contributed by atoms with Crippen LogP contribution in [-0.2, 0) is 4.79 Å². The zero-order chi connectivity index (χ0) is 20.8. The van der Waals surface area contributed by atoms with Gasteiger partial charge in [0.2, 0.25) is 5.91 Å². The molecule has 0 saturated carbocycles. The van der Waals surface area contributed by atoms with E-state index in [1.54, 1.807) is 12.1 Å². The second kappa shape index (κ2) is 8.98. The van der Waals surface area contributed by atoms with Gasteiger partial charge in [0.1, 0.15) is 23.7 Å². The fourth-order valence-electron chi connectivity index (χ4n) is 2.50. The highest BCUT2D eigenvalue weighted by Crippen LogP contribution is 2.33. The van der Waals surface area contributed by atoms with E-state index < -0.39 is 11.7 Å². The van der Waals surface area contributed by atoms with Crippen LogP contribution in [0.25, 0.3) is 10.9 Å². The number of ether oxygens (including phenoxy) is 1. The number of hydrogen-bond donors (Lipinski definition) is 3. The lowest BCUT2D eigenvalue weighted by atomic mass is 10.1. The van der Waals surface area contributed by atoms with Crippen LogP contribution in [0.5, 0.6) is 5.75 Å². The van der Waals surface area contributed by atoms with Crippen molar-refractivity contribution >= 4 is 51.8 Å². The Bertz CT molecular complexity index is 1120. The van der Waals surface area contributed by atoms with Crippen molar-refractivity contribution in [3.63, 3.8) is 0 Å². The number of carbonyl (C=O) groups is 1. The van der Waals surface area contributed by atoms with Crippen LogP contribution in [0, 0.1) is 5.82 Å². The normalized spacial score (nSPS) is 11.3. The molecule has 1 aromatic heterocycles. The number of aromatic nitrogens is 2. The maximum absolute atomic E-state index is 13.4. The first kappa shape index (κ1) is 20.0. The van der Waals surface area contributed by atoms with Gasteiger partial charge in [-0.15, -0.1) is 0 Å². The minimum absolute atomic E-state index is 0.0267. The molecular weight excluding hydrogens is 401 g/mol. The second-order valence-electron chi connectivity index (χ2n) is 5.66. The summed E-state index contributed by atoms with van der Waals surface area (Å²) >= 11 is 5.83. The number of rotatable bonds is 6. The zero-order valence-electron chi connectivity index (χ0n) is 15.1. The molecule has 0 spiro atoms. The van der Waals surface area contributed by atoms with E-state index in [1.165, 1.54) is 43.8 Å². The van der Waals surface area contributed by atoms with Crippen molar-refractivity contribution in [2.75, 3.05) is 17.7 Å². The van der Waals surface area contributed by atoms with Crippen LogP contribution >= 0.6 is 11.6 Å². The largest absolute Gasteiger partial charge is 0.494 e. The van der Waals surface area contributed by atoms with Crippen molar-refractivity contribution in [2.24, 2.45) is 5.16 Å². The highest BCUT2D eigenvalue weighted by molar-refractivity contribution is 6.31. The van der Waals surface area contributed by atoms with Crippen molar-refractivity contribution in [2.45, 2.75) is 0 Å². The number of methoxy groups -OCH3 is 1. The maximum Gasteiger partial charge on any atom is 0.248 e. The summed E-state index contributed by atoms with van der Waals surface area (Å²) in [5, 5.41) is 17.4. The Morgan fingerprint density at radius 3 is 2.86 bits per heavy atom. The van der Waals surface area contributed by atoms with Crippen LogP contribution in [0.3, 0.4) is 0 Å². The highest BCUT2D eigenvalue weighted by Gasteiger charge is 2.12. The molecule has 2 aromatic carbocycles. The Hall–Kier alpha value is -3.72. The molecule has 0 atom stereocenters. The van der Waals surface area contributed by atoms with Gasteiger partial charge in [0.15, 0.2) is 0 Å². The number of oxime groups is 1. The Morgan fingerprint density at radius 2 is 2.14 bits per heavy atom. The molecule has 0 bridgehead atoms. The summed E-state index contributed by atoms with van der Waals surface area (Å²) in [6, 6.07) is 7.49. The number of carbonyl (C=O) groups excluding carboxylic acids is 1. The molecule has 29 heavy (non-hydrogen) atoms. The zero-order valence-corrected chi connectivity index (χ0v) is 15.8. The Labute approximate surface area is 169 Å². The van der Waals surface area contributed by atoms with Gasteiger partial charge in [0.25, 0.3) is 0 Å². The van der Waals surface area contributed by atoms with E-state index in [2.05, 4.69) is 25.8 Å². The van der Waals surface area contributed by atoms with Gasteiger partial charge in [-0.2, -0.15) is 0 Å². The number of nitrogens with one attached hydrogen (secondary N) is 2. The standard InChI is InChI=1S/C19H15ClFN5O3/c1-29-17-9-15-12(8-16(17)26-18(27)3-2-6-24-28)19(23-10-22-15)25-11-4-5-14(21)13(20)7-11/h2-10,28H,1H3,(H,26,27)(H,22,23,25)/b3-2+,24-6-. The summed E-state index contributed by atoms with van der Waals surface area (Å²) in [4.78, 5) is 20.5. The predicted octanol–water partition coefficient (Wildman–Crippen LogP) is 4.13. The first-order chi connectivity index (χ1) is 14.0. The third-order valence-electron chi connectivity index (χ3n) is 3.80. The van der Waals surface area contributed by atoms with Crippen LogP contribution in [0.1, 0.15) is 0 Å². The molecular formula is C19H15ClFN5O3. The van der Waals surface area contributed by atoms with Crippen molar-refractivity contribution in [1.82, 2.24) is 9.97 Å². The average molecular weight is 416 g/mol. The number of anilines is 3. The molecule has 148 valence electrons. The Balaban J connectivity index is 1.99. The molecule has 0 aliphatic carbocycles. The predicted molar refractivity (Wildman–Crippen MR) is 109 cm³/mol. The SMILES string of the molecule is COc1cc2ncnc(Nc3ccc(F)c(Cl)c3)c2cc1NC(=O)/C=C/C=N\O. The maximum atomic E-state index is 13.4. The van der Waals surface area contributed by atoms with Gasteiger partial charge in [0, 0.05) is 23.2 Å². The lowest BCUT2D eigenvalue weighted by Crippen LogP contribution is -2.09. The number of halogens is 2. The Kier molecular flexibility index (Phi) is 6.20. The van der Waals surface area contributed by atoms with Gasteiger partial charge in [-0.25, -0.2) is 14.4 Å². The first-order valence-corrected chi connectivity index (χ1v) is 8.59. The summed E-state index contributed by atoms with van der Waals surface area (Å²) in [7, 11) is 1.46. The number of nitrogens with zero attached hydrogens (tertiary/aromatic N) is 3. The van der Waals surface area contributed by atoms with Crippen LogP contribution in [0.15, 0.2) is 54.0 Å². The van der Waals surface area contributed by atoms with Crippen molar-refractivity contribution in [1.29, 1.82) is 0 Å². The van der Waals surface area contributed by atoms with Gasteiger partial charge in [0.05, 0.1) is 29.6 Å². The van der Waals surface area contributed by atoms with Crippen LogP contribution in [-0.4, -0.2) is 34.4 Å². The van der Waals surface area contributed by atoms with Crippen molar-refractivity contribution < 1.29 is 19.1 Å². The van der Waals surface area contributed by atoms with Crippen LogP contribution in [0.4, 0.5) is 21.6 Å². The molecule has 3 N–H and O–H groups in total. The number of hydrogen-bond acceptors (Lipinski definition) is 7. The second-order valence-corrected chi connectivity index (χ2v) is 6.07. The minimum Gasteiger partial charge on any atom is -0.494 e. The summed E-state index contributed by atoms with van der Waals surface area (Å²) in [5.74, 6) is -0.165. The van der Waals surface area contributed by atoms with E-state index in [1.807, 2.05) is 0 Å². The van der Waals surface area contributed by atoms with Gasteiger partial charge in [-0.05, 0) is 30.3 Å². The minimum atomic E-state index is -0.529. The summed E-state index contributed by atoms with van der Waals surface area (Å²) in [6.07, 6.45) is 4.88. The highest BCUT2D eigenvalue weighted by atomic mass is 35.5. The summed E-state index contributed by atoms with van der Waals surface area (Å²) < 4.78 is 18.7. The molecule has 1 amide bonds. The van der Waals surface area contributed by atoms with Gasteiger partial charge >= 0.3 is 0 Å². The third kappa shape index (κ3) is 4.77. The quantitative estimate of drug-likeness (QED) is 0.242. The van der Waals surface area contributed by atoms with Gasteiger partial charge in [-0.1, -0.05) is 16.8 Å². The summed E-state index contributed by atoms with van der Waals surface area (Å²) in [6.45, 7) is 0. The smallest absolute Gasteiger partial charge is 0.248 e. The molecule has 0 unspecified atom stereocenters. The monoisotopic (exact) mass is 415 g/mol. The van der Waals surface area contributed by atoms with Crippen LogP contribution in [0.2, 0.25) is 5.02 Å². The summed E-state index contributed by atoms with van der Waals surface area (Å²) in [5.41, 5.74) is 1.48. The van der Waals surface area contributed by atoms with Crippen molar-refractivity contribution in [3.05, 3.63) is 59.7 Å². The third-order valence-corrected chi connectivity index (χ3v) is 4.09. The Morgan fingerprint density at radius 1 is 1.31 bits per heavy atom. The van der Waals surface area contributed by atoms with E-state index in [4.69, 9.17) is 21.5 Å². The lowest BCUT2D eigenvalue weighted by molar-refractivity contribution is -0.111. The topological polar surface area (TPSA) is 109 Å². The number of amides is 1. The number of allylic oxidation sites excluding steroid dienone is 1. The molecule has 8 nitrogen and oxygen atoms in total. The van der Waals surface area contributed by atoms with Gasteiger partial charge in [-0.3, -0.25) is 4.79 Å². The molecule has 0 aliphatic heterocycles. The van der Waals surface area contributed by atoms with E-state index in [-0.39, 0.29) is 5.02 Å². The fraction of sp³-hybridized carbons (Fsp3) is 0.0526. The lowest BCUT2D eigenvalue weighted by Gasteiger charge is -2.13. The number of benzene rings is 2. The molecule has 3 aromatic rings. The van der Waals surface area contributed by atoms with Gasteiger partial charge < -0.3 is 20.6 Å². The van der Waals surface area contributed by atoms with E-state index in [0.717, 1.165) is 6.21 Å². The van der Waals surface area contributed by atoms with E-state index in [0.29, 0.717) is 33.8 Å². The van der Waals surface area contributed by atoms with E-state index in [9.17, 15) is 9.18 Å². The van der Waals surface area contributed by atoms with Crippen LogP contribution < -0.4 is 15.4 Å². The first-order valence-electron chi connectivity index (χ1n) is 8.21.